The van der Waals surface area contributed by atoms with Crippen LogP contribution in [-0.4, -0.2) is 53.6 Å². The molecule has 0 saturated carbocycles. The zero-order chi connectivity index (χ0) is 13.8. The van der Waals surface area contributed by atoms with Gasteiger partial charge in [-0.05, 0) is 19.8 Å². The number of anilines is 1. The van der Waals surface area contributed by atoms with Gasteiger partial charge in [0.15, 0.2) is 6.29 Å². The highest BCUT2D eigenvalue weighted by Gasteiger charge is 2.24. The minimum atomic E-state index is 0.0659. The molecule has 0 radical (unpaired) electrons. The van der Waals surface area contributed by atoms with Gasteiger partial charge in [-0.25, -0.2) is 0 Å². The molecule has 1 aliphatic heterocycles. The van der Waals surface area contributed by atoms with Gasteiger partial charge in [-0.2, -0.15) is 5.10 Å². The molecule has 0 aliphatic carbocycles. The quantitative estimate of drug-likeness (QED) is 0.788. The maximum Gasteiger partial charge on any atom is 0.155 e. The molecule has 2 rings (SSSR count). The predicted molar refractivity (Wildman–Crippen MR) is 71.6 cm³/mol. The fraction of sp³-hybridized carbons (Fsp3) is 0.692. The van der Waals surface area contributed by atoms with Gasteiger partial charge in [0.2, 0.25) is 0 Å². The van der Waals surface area contributed by atoms with Crippen molar-refractivity contribution in [2.75, 3.05) is 31.2 Å². The smallest absolute Gasteiger partial charge is 0.155 e. The van der Waals surface area contributed by atoms with Crippen LogP contribution in [0.15, 0.2) is 0 Å². The van der Waals surface area contributed by atoms with Crippen molar-refractivity contribution < 1.29 is 14.6 Å². The molecule has 106 valence electrons. The molecular weight excluding hydrogens is 246 g/mol. The largest absolute Gasteiger partial charge is 0.394 e. The number of aliphatic hydroxyl groups is 1. The van der Waals surface area contributed by atoms with Gasteiger partial charge in [-0.1, -0.05) is 0 Å². The second-order valence-electron chi connectivity index (χ2n) is 4.84. The molecule has 0 unspecified atom stereocenters. The molecule has 1 fully saturated rings. The number of aldehydes is 1. The molecule has 6 nitrogen and oxygen atoms in total. The average molecular weight is 267 g/mol. The normalized spacial score (nSPS) is 16.9. The predicted octanol–water partition coefficient (Wildman–Crippen LogP) is 0.519. The van der Waals surface area contributed by atoms with Gasteiger partial charge in [0.05, 0.1) is 30.6 Å². The van der Waals surface area contributed by atoms with Crippen LogP contribution in [0.25, 0.3) is 0 Å². The first kappa shape index (κ1) is 14.0. The standard InChI is InChI=1S/C13H21N3O3/c1-10-12(9-18)13(15(2)14-10)16-5-3-11(4-6-16)19-8-7-17/h9,11,17H,3-8H2,1-2H3. The number of nitrogens with zero attached hydrogens (tertiary/aromatic N) is 3. The highest BCUT2D eigenvalue weighted by Crippen LogP contribution is 2.25. The number of carbonyl (C=O) groups is 1. The summed E-state index contributed by atoms with van der Waals surface area (Å²) in [7, 11) is 1.86. The lowest BCUT2D eigenvalue weighted by molar-refractivity contribution is 0.0157. The fourth-order valence-electron chi connectivity index (χ4n) is 2.63. The molecule has 1 N–H and O–H groups in total. The minimum absolute atomic E-state index is 0.0659. The van der Waals surface area contributed by atoms with E-state index in [1.165, 1.54) is 0 Å². The first-order valence-electron chi connectivity index (χ1n) is 6.63. The van der Waals surface area contributed by atoms with Crippen LogP contribution in [0.5, 0.6) is 0 Å². The van der Waals surface area contributed by atoms with Gasteiger partial charge in [-0.3, -0.25) is 9.48 Å². The van der Waals surface area contributed by atoms with Crippen molar-refractivity contribution in [3.05, 3.63) is 11.3 Å². The fourth-order valence-corrected chi connectivity index (χ4v) is 2.63. The van der Waals surface area contributed by atoms with E-state index in [0.717, 1.165) is 43.7 Å². The van der Waals surface area contributed by atoms with Gasteiger partial charge in [0.25, 0.3) is 0 Å². The van der Waals surface area contributed by atoms with E-state index < -0.39 is 0 Å². The summed E-state index contributed by atoms with van der Waals surface area (Å²) in [6.07, 6.45) is 2.90. The zero-order valence-corrected chi connectivity index (χ0v) is 11.5. The Labute approximate surface area is 113 Å². The number of piperidine rings is 1. The molecule has 2 heterocycles. The Morgan fingerprint density at radius 2 is 2.16 bits per heavy atom. The maximum absolute atomic E-state index is 11.2. The van der Waals surface area contributed by atoms with Gasteiger partial charge in [0, 0.05) is 20.1 Å². The zero-order valence-electron chi connectivity index (χ0n) is 11.5. The van der Waals surface area contributed by atoms with E-state index in [9.17, 15) is 4.79 Å². The van der Waals surface area contributed by atoms with E-state index in [-0.39, 0.29) is 12.7 Å². The average Bonchev–Trinajstić information content (AvgIpc) is 2.71. The SMILES string of the molecule is Cc1nn(C)c(N2CCC(OCCO)CC2)c1C=O. The minimum Gasteiger partial charge on any atom is -0.394 e. The third kappa shape index (κ3) is 2.96. The molecule has 0 amide bonds. The molecule has 6 heteroatoms. The Morgan fingerprint density at radius 1 is 1.47 bits per heavy atom. The molecular formula is C13H21N3O3. The summed E-state index contributed by atoms with van der Waals surface area (Å²) in [5, 5.41) is 13.1. The lowest BCUT2D eigenvalue weighted by atomic mass is 10.1. The van der Waals surface area contributed by atoms with E-state index in [0.29, 0.717) is 12.2 Å². The maximum atomic E-state index is 11.2. The van der Waals surface area contributed by atoms with Crippen LogP contribution < -0.4 is 4.90 Å². The number of hydrogen-bond donors (Lipinski definition) is 1. The number of rotatable bonds is 5. The topological polar surface area (TPSA) is 67.6 Å². The molecule has 1 aliphatic rings. The molecule has 1 aromatic rings. The van der Waals surface area contributed by atoms with E-state index in [4.69, 9.17) is 9.84 Å². The first-order valence-corrected chi connectivity index (χ1v) is 6.63. The molecule has 0 atom stereocenters. The number of carbonyl (C=O) groups excluding carboxylic acids is 1. The van der Waals surface area contributed by atoms with Gasteiger partial charge < -0.3 is 14.7 Å². The summed E-state index contributed by atoms with van der Waals surface area (Å²) in [5.74, 6) is 0.896. The summed E-state index contributed by atoms with van der Waals surface area (Å²) >= 11 is 0. The summed E-state index contributed by atoms with van der Waals surface area (Å²) in [6, 6.07) is 0. The van der Waals surface area contributed by atoms with Crippen molar-refractivity contribution in [3.8, 4) is 0 Å². The third-order valence-electron chi connectivity index (χ3n) is 3.54. The number of ether oxygens (including phenoxy) is 1. The summed E-state index contributed by atoms with van der Waals surface area (Å²) in [5.41, 5.74) is 1.45. The molecule has 0 spiro atoms. The number of hydrogen-bond acceptors (Lipinski definition) is 5. The van der Waals surface area contributed by atoms with Crippen molar-refractivity contribution in [2.24, 2.45) is 7.05 Å². The van der Waals surface area contributed by atoms with Crippen molar-refractivity contribution in [1.82, 2.24) is 9.78 Å². The summed E-state index contributed by atoms with van der Waals surface area (Å²) in [4.78, 5) is 13.4. The van der Waals surface area contributed by atoms with Crippen LogP contribution in [-0.2, 0) is 11.8 Å². The Kier molecular flexibility index (Phi) is 4.55. The number of aryl methyl sites for hydroxylation is 2. The molecule has 0 bridgehead atoms. The highest BCUT2D eigenvalue weighted by molar-refractivity contribution is 5.84. The van der Waals surface area contributed by atoms with Crippen LogP contribution in [0.1, 0.15) is 28.9 Å². The van der Waals surface area contributed by atoms with Crippen molar-refractivity contribution in [1.29, 1.82) is 0 Å². The van der Waals surface area contributed by atoms with Crippen molar-refractivity contribution in [2.45, 2.75) is 25.9 Å². The van der Waals surface area contributed by atoms with E-state index >= 15 is 0 Å². The summed E-state index contributed by atoms with van der Waals surface area (Å²) in [6.45, 7) is 4.00. The van der Waals surface area contributed by atoms with Crippen LogP contribution in [0.4, 0.5) is 5.82 Å². The van der Waals surface area contributed by atoms with Crippen LogP contribution >= 0.6 is 0 Å². The van der Waals surface area contributed by atoms with Crippen LogP contribution in [0.2, 0.25) is 0 Å². The van der Waals surface area contributed by atoms with E-state index in [1.807, 2.05) is 14.0 Å². The Morgan fingerprint density at radius 3 is 2.74 bits per heavy atom. The summed E-state index contributed by atoms with van der Waals surface area (Å²) < 4.78 is 7.31. The molecule has 1 saturated heterocycles. The molecule has 1 aromatic heterocycles. The Balaban J connectivity index is 2.03. The van der Waals surface area contributed by atoms with E-state index in [2.05, 4.69) is 10.00 Å². The number of aromatic nitrogens is 2. The van der Waals surface area contributed by atoms with Crippen LogP contribution in [0.3, 0.4) is 0 Å². The van der Waals surface area contributed by atoms with Crippen LogP contribution in [0, 0.1) is 6.92 Å². The Hall–Kier alpha value is -1.40. The second kappa shape index (κ2) is 6.16. The van der Waals surface area contributed by atoms with Crippen molar-refractivity contribution >= 4 is 12.1 Å². The second-order valence-corrected chi connectivity index (χ2v) is 4.84. The lowest BCUT2D eigenvalue weighted by Gasteiger charge is -2.33. The monoisotopic (exact) mass is 267 g/mol. The number of aliphatic hydroxyl groups excluding tert-OH is 1. The first-order chi connectivity index (χ1) is 9.17. The lowest BCUT2D eigenvalue weighted by Crippen LogP contribution is -2.38. The van der Waals surface area contributed by atoms with Gasteiger partial charge >= 0.3 is 0 Å². The molecule has 19 heavy (non-hydrogen) atoms. The van der Waals surface area contributed by atoms with E-state index in [1.54, 1.807) is 4.68 Å². The highest BCUT2D eigenvalue weighted by atomic mass is 16.5. The Bertz CT molecular complexity index is 437. The third-order valence-corrected chi connectivity index (χ3v) is 3.54. The van der Waals surface area contributed by atoms with Gasteiger partial charge in [0.1, 0.15) is 5.82 Å². The molecule has 0 aromatic carbocycles. The van der Waals surface area contributed by atoms with Crippen molar-refractivity contribution in [3.63, 3.8) is 0 Å². The van der Waals surface area contributed by atoms with Gasteiger partial charge in [-0.15, -0.1) is 0 Å².